The number of para-hydroxylation sites is 1. The van der Waals surface area contributed by atoms with Crippen molar-refractivity contribution in [1.29, 1.82) is 0 Å². The van der Waals surface area contributed by atoms with E-state index in [0.29, 0.717) is 5.69 Å². The number of hydrogen-bond donors (Lipinski definition) is 2. The topological polar surface area (TPSA) is 87.7 Å². The molecule has 0 aliphatic heterocycles. The molecule has 0 saturated heterocycles. The lowest BCUT2D eigenvalue weighted by Crippen LogP contribution is -2.55. The van der Waals surface area contributed by atoms with Crippen molar-refractivity contribution in [2.75, 3.05) is 5.32 Å². The Morgan fingerprint density at radius 2 is 1.49 bits per heavy atom. The summed E-state index contributed by atoms with van der Waals surface area (Å²) in [6.45, 7) is 14.9. The molecule has 0 spiro atoms. The molecule has 41 heavy (non-hydrogen) atoms. The van der Waals surface area contributed by atoms with E-state index in [-0.39, 0.29) is 24.3 Å². The van der Waals surface area contributed by atoms with E-state index < -0.39 is 23.8 Å². The smallest absolute Gasteiger partial charge is 0.408 e. The summed E-state index contributed by atoms with van der Waals surface area (Å²) in [6, 6.07) is 20.7. The summed E-state index contributed by atoms with van der Waals surface area (Å²) < 4.78 is 5.52. The van der Waals surface area contributed by atoms with Crippen LogP contribution in [-0.4, -0.2) is 40.5 Å². The van der Waals surface area contributed by atoms with Gasteiger partial charge in [0.15, 0.2) is 0 Å². The number of aryl methyl sites for hydroxylation is 3. The number of amides is 3. The van der Waals surface area contributed by atoms with Crippen molar-refractivity contribution in [2.45, 2.75) is 85.5 Å². The molecule has 3 aromatic carbocycles. The maximum atomic E-state index is 14.5. The summed E-state index contributed by atoms with van der Waals surface area (Å²) in [5, 5.41) is 5.86. The number of nitrogens with zero attached hydrogens (tertiary/aromatic N) is 1. The van der Waals surface area contributed by atoms with Gasteiger partial charge in [-0.3, -0.25) is 9.59 Å². The molecule has 7 nitrogen and oxygen atoms in total. The molecule has 0 bridgehead atoms. The lowest BCUT2D eigenvalue weighted by atomic mass is 9.94. The van der Waals surface area contributed by atoms with Gasteiger partial charge in [-0.25, -0.2) is 4.79 Å². The van der Waals surface area contributed by atoms with Crippen LogP contribution in [0, 0.1) is 20.8 Å². The SMILES string of the molecule is Cc1ccc(C)c(C(C(=O)Nc2ccccc2C)N(C(=O)C(Cc2ccccc2)NC(=O)OC(C)(C)C)C(C)C)c1. The number of benzene rings is 3. The Bertz CT molecular complexity index is 1360. The van der Waals surface area contributed by atoms with E-state index >= 15 is 0 Å². The first kappa shape index (κ1) is 31.4. The number of carbonyl (C=O) groups excluding carboxylic acids is 3. The zero-order valence-electron chi connectivity index (χ0n) is 25.4. The van der Waals surface area contributed by atoms with Crippen molar-refractivity contribution >= 4 is 23.6 Å². The molecule has 2 N–H and O–H groups in total. The summed E-state index contributed by atoms with van der Waals surface area (Å²) in [5.41, 5.74) is 4.32. The molecule has 3 aromatic rings. The second-order valence-electron chi connectivity index (χ2n) is 11.8. The predicted octanol–water partition coefficient (Wildman–Crippen LogP) is 6.66. The fraction of sp³-hybridized carbons (Fsp3) is 0.382. The predicted molar refractivity (Wildman–Crippen MR) is 164 cm³/mol. The zero-order chi connectivity index (χ0) is 30.3. The third-order valence-corrected chi connectivity index (χ3v) is 6.74. The van der Waals surface area contributed by atoms with Gasteiger partial charge in [0.25, 0.3) is 5.91 Å². The van der Waals surface area contributed by atoms with Crippen LogP contribution in [0.2, 0.25) is 0 Å². The van der Waals surface area contributed by atoms with Crippen LogP contribution in [0.4, 0.5) is 10.5 Å². The maximum Gasteiger partial charge on any atom is 0.408 e. The fourth-order valence-corrected chi connectivity index (χ4v) is 4.75. The Balaban J connectivity index is 2.10. The monoisotopic (exact) mass is 557 g/mol. The number of rotatable bonds is 9. The average Bonchev–Trinajstić information content (AvgIpc) is 2.88. The van der Waals surface area contributed by atoms with Gasteiger partial charge in [0, 0.05) is 18.2 Å². The Hall–Kier alpha value is -4.13. The number of carbonyl (C=O) groups is 3. The van der Waals surface area contributed by atoms with Crippen molar-refractivity contribution in [3.8, 4) is 0 Å². The fourth-order valence-electron chi connectivity index (χ4n) is 4.75. The summed E-state index contributed by atoms with van der Waals surface area (Å²) in [7, 11) is 0. The average molecular weight is 558 g/mol. The number of ether oxygens (including phenoxy) is 1. The quantitative estimate of drug-likeness (QED) is 0.308. The van der Waals surface area contributed by atoms with Crippen LogP contribution >= 0.6 is 0 Å². The van der Waals surface area contributed by atoms with E-state index in [4.69, 9.17) is 4.74 Å². The Morgan fingerprint density at radius 1 is 0.854 bits per heavy atom. The second kappa shape index (κ2) is 13.5. The molecule has 3 amide bonds. The highest BCUT2D eigenvalue weighted by Gasteiger charge is 2.38. The molecule has 2 atom stereocenters. The third kappa shape index (κ3) is 8.68. The second-order valence-corrected chi connectivity index (χ2v) is 11.8. The van der Waals surface area contributed by atoms with Gasteiger partial charge in [-0.2, -0.15) is 0 Å². The Kier molecular flexibility index (Phi) is 10.3. The molecule has 0 aliphatic rings. The van der Waals surface area contributed by atoms with Crippen molar-refractivity contribution in [2.24, 2.45) is 0 Å². The third-order valence-electron chi connectivity index (χ3n) is 6.74. The highest BCUT2D eigenvalue weighted by atomic mass is 16.6. The molecular weight excluding hydrogens is 514 g/mol. The lowest BCUT2D eigenvalue weighted by Gasteiger charge is -2.38. The first-order valence-corrected chi connectivity index (χ1v) is 14.1. The summed E-state index contributed by atoms with van der Waals surface area (Å²) in [4.78, 5) is 43.2. The van der Waals surface area contributed by atoms with Gasteiger partial charge in [0.2, 0.25) is 5.91 Å². The van der Waals surface area contributed by atoms with Crippen LogP contribution in [0.1, 0.15) is 68.5 Å². The van der Waals surface area contributed by atoms with Crippen LogP contribution in [0.5, 0.6) is 0 Å². The minimum absolute atomic E-state index is 0.237. The molecule has 3 rings (SSSR count). The van der Waals surface area contributed by atoms with Gasteiger partial charge in [-0.15, -0.1) is 0 Å². The first-order chi connectivity index (χ1) is 19.3. The Labute approximate surface area is 244 Å². The van der Waals surface area contributed by atoms with E-state index in [2.05, 4.69) is 10.6 Å². The lowest BCUT2D eigenvalue weighted by molar-refractivity contribution is -0.142. The maximum absolute atomic E-state index is 14.5. The molecule has 0 aromatic heterocycles. The number of nitrogens with one attached hydrogen (secondary N) is 2. The number of hydrogen-bond acceptors (Lipinski definition) is 4. The zero-order valence-corrected chi connectivity index (χ0v) is 25.4. The summed E-state index contributed by atoms with van der Waals surface area (Å²) in [5.74, 6) is -0.702. The number of anilines is 1. The normalized spacial score (nSPS) is 12.8. The van der Waals surface area contributed by atoms with E-state index in [9.17, 15) is 14.4 Å². The molecular formula is C34H43N3O4. The highest BCUT2D eigenvalue weighted by molar-refractivity contribution is 5.99. The first-order valence-electron chi connectivity index (χ1n) is 14.1. The van der Waals surface area contributed by atoms with Crippen LogP contribution in [-0.2, 0) is 20.7 Å². The van der Waals surface area contributed by atoms with Gasteiger partial charge < -0.3 is 20.3 Å². The van der Waals surface area contributed by atoms with Gasteiger partial charge in [-0.1, -0.05) is 72.3 Å². The summed E-state index contributed by atoms with van der Waals surface area (Å²) in [6.07, 6.45) is -0.454. The van der Waals surface area contributed by atoms with Crippen LogP contribution in [0.3, 0.4) is 0 Å². The van der Waals surface area contributed by atoms with Crippen molar-refractivity contribution < 1.29 is 19.1 Å². The molecule has 218 valence electrons. The van der Waals surface area contributed by atoms with Gasteiger partial charge in [0.05, 0.1) is 0 Å². The van der Waals surface area contributed by atoms with Crippen LogP contribution < -0.4 is 10.6 Å². The van der Waals surface area contributed by atoms with Crippen LogP contribution in [0.15, 0.2) is 72.8 Å². The highest BCUT2D eigenvalue weighted by Crippen LogP contribution is 2.30. The molecule has 7 heteroatoms. The van der Waals surface area contributed by atoms with Crippen LogP contribution in [0.25, 0.3) is 0 Å². The van der Waals surface area contributed by atoms with Crippen molar-refractivity contribution in [3.05, 3.63) is 101 Å². The molecule has 0 saturated carbocycles. The van der Waals surface area contributed by atoms with Gasteiger partial charge in [-0.05, 0) is 83.7 Å². The van der Waals surface area contributed by atoms with E-state index in [1.54, 1.807) is 25.7 Å². The molecule has 2 unspecified atom stereocenters. The van der Waals surface area contributed by atoms with Crippen molar-refractivity contribution in [3.63, 3.8) is 0 Å². The van der Waals surface area contributed by atoms with Gasteiger partial charge in [0.1, 0.15) is 17.7 Å². The molecule has 0 fully saturated rings. The Morgan fingerprint density at radius 3 is 2.10 bits per heavy atom. The van der Waals surface area contributed by atoms with E-state index in [1.807, 2.05) is 107 Å². The molecule has 0 radical (unpaired) electrons. The van der Waals surface area contributed by atoms with Crippen molar-refractivity contribution in [1.82, 2.24) is 10.2 Å². The largest absolute Gasteiger partial charge is 0.444 e. The molecule has 0 aliphatic carbocycles. The van der Waals surface area contributed by atoms with E-state index in [0.717, 1.165) is 27.8 Å². The minimum atomic E-state index is -0.964. The van der Waals surface area contributed by atoms with Gasteiger partial charge >= 0.3 is 6.09 Å². The minimum Gasteiger partial charge on any atom is -0.444 e. The number of alkyl carbamates (subject to hydrolysis) is 1. The van der Waals surface area contributed by atoms with E-state index in [1.165, 1.54) is 0 Å². The summed E-state index contributed by atoms with van der Waals surface area (Å²) >= 11 is 0. The standard InChI is InChI=1S/C34H43N3O4/c1-22(2)37(32(39)29(21-26-15-10-9-11-16-26)36-33(40)41-34(6,7)8)30(27-20-23(3)18-19-24(27)4)31(38)35-28-17-13-12-14-25(28)5/h9-20,22,29-30H,21H2,1-8H3,(H,35,38)(H,36,40). The molecule has 0 heterocycles.